The van der Waals surface area contributed by atoms with Crippen LogP contribution in [-0.2, 0) is 0 Å². The molecular weight excluding hydrogens is 502 g/mol. The zero-order valence-electron chi connectivity index (χ0n) is 22.7. The van der Waals surface area contributed by atoms with Gasteiger partial charge >= 0.3 is 11.9 Å². The van der Waals surface area contributed by atoms with Crippen molar-refractivity contribution in [1.29, 1.82) is 0 Å². The first-order valence-corrected chi connectivity index (χ1v) is 13.2. The summed E-state index contributed by atoms with van der Waals surface area (Å²) in [7, 11) is 0. The number of carbonyl (C=O) groups is 2. The largest absolute Gasteiger partial charge is 0.419 e. The molecular formula is C34H31NO5. The number of aliphatic hydroxyl groups is 1. The van der Waals surface area contributed by atoms with Gasteiger partial charge < -0.3 is 19.9 Å². The molecule has 0 bridgehead atoms. The van der Waals surface area contributed by atoms with Gasteiger partial charge in [-0.3, -0.25) is 0 Å². The van der Waals surface area contributed by atoms with Crippen LogP contribution in [0, 0.1) is 0 Å². The number of β-amino-alcohol motifs (C(OH)–C–C–N with tert-alkyl or cyclic N) is 1. The summed E-state index contributed by atoms with van der Waals surface area (Å²) in [5.41, 5.74) is 1.04. The molecule has 5 aromatic carbocycles. The first-order valence-electron chi connectivity index (χ1n) is 13.2. The minimum absolute atomic E-state index is 0.0413. The van der Waals surface area contributed by atoms with Gasteiger partial charge in [0.1, 0.15) is 0 Å². The molecule has 5 rings (SSSR count). The van der Waals surface area contributed by atoms with E-state index in [0.717, 1.165) is 21.5 Å². The molecule has 0 aliphatic rings. The van der Waals surface area contributed by atoms with Crippen LogP contribution >= 0.6 is 0 Å². The Balaban J connectivity index is 1.44. The van der Waals surface area contributed by atoms with Gasteiger partial charge in [0.2, 0.25) is 0 Å². The third-order valence-corrected chi connectivity index (χ3v) is 6.55. The van der Waals surface area contributed by atoms with Crippen LogP contribution < -0.4 is 14.8 Å². The van der Waals surface area contributed by atoms with E-state index in [9.17, 15) is 14.7 Å². The van der Waals surface area contributed by atoms with Gasteiger partial charge in [-0.2, -0.15) is 0 Å². The van der Waals surface area contributed by atoms with Gasteiger partial charge in [0.25, 0.3) is 0 Å². The predicted molar refractivity (Wildman–Crippen MR) is 157 cm³/mol. The molecule has 6 heteroatoms. The highest BCUT2D eigenvalue weighted by Gasteiger charge is 2.20. The van der Waals surface area contributed by atoms with E-state index in [0.29, 0.717) is 16.7 Å². The van der Waals surface area contributed by atoms with E-state index in [1.54, 1.807) is 30.3 Å². The summed E-state index contributed by atoms with van der Waals surface area (Å²) in [5, 5.41) is 17.9. The van der Waals surface area contributed by atoms with Crippen molar-refractivity contribution in [2.45, 2.75) is 32.4 Å². The molecule has 0 saturated heterocycles. The fraction of sp³-hybridized carbons (Fsp3) is 0.176. The van der Waals surface area contributed by atoms with E-state index in [4.69, 9.17) is 9.47 Å². The highest BCUT2D eigenvalue weighted by Crippen LogP contribution is 2.33. The highest BCUT2D eigenvalue weighted by atomic mass is 16.6. The van der Waals surface area contributed by atoms with Crippen molar-refractivity contribution >= 4 is 33.5 Å². The molecule has 0 aliphatic carbocycles. The van der Waals surface area contributed by atoms with E-state index in [2.05, 4.69) is 5.32 Å². The Hall–Kier alpha value is -4.52. The number of carbonyl (C=O) groups excluding carboxylic acids is 2. The lowest BCUT2D eigenvalue weighted by Crippen LogP contribution is -2.38. The zero-order valence-corrected chi connectivity index (χ0v) is 22.7. The molecule has 0 aromatic heterocycles. The number of hydrogen-bond donors (Lipinski definition) is 2. The van der Waals surface area contributed by atoms with Crippen molar-refractivity contribution < 1.29 is 24.2 Å². The van der Waals surface area contributed by atoms with Crippen molar-refractivity contribution in [2.24, 2.45) is 0 Å². The van der Waals surface area contributed by atoms with E-state index in [1.165, 1.54) is 12.1 Å². The molecule has 0 radical (unpaired) electrons. The predicted octanol–water partition coefficient (Wildman–Crippen LogP) is 6.85. The van der Waals surface area contributed by atoms with Crippen LogP contribution in [0.5, 0.6) is 11.5 Å². The van der Waals surface area contributed by atoms with E-state index >= 15 is 0 Å². The van der Waals surface area contributed by atoms with Crippen LogP contribution in [0.2, 0.25) is 0 Å². The van der Waals surface area contributed by atoms with Crippen LogP contribution in [0.1, 0.15) is 53.2 Å². The lowest BCUT2D eigenvalue weighted by atomic mass is 10.1. The van der Waals surface area contributed by atoms with Crippen molar-refractivity contribution in [1.82, 2.24) is 5.32 Å². The molecule has 40 heavy (non-hydrogen) atoms. The van der Waals surface area contributed by atoms with Gasteiger partial charge in [0, 0.05) is 12.1 Å². The third-order valence-electron chi connectivity index (χ3n) is 6.55. The van der Waals surface area contributed by atoms with Crippen molar-refractivity contribution in [3.8, 4) is 11.5 Å². The number of esters is 2. The van der Waals surface area contributed by atoms with E-state index in [-0.39, 0.29) is 23.6 Å². The Kier molecular flexibility index (Phi) is 7.65. The van der Waals surface area contributed by atoms with E-state index in [1.807, 2.05) is 81.4 Å². The van der Waals surface area contributed by atoms with Crippen LogP contribution in [0.4, 0.5) is 0 Å². The molecule has 0 amide bonds. The lowest BCUT2D eigenvalue weighted by molar-refractivity contribution is 0.0681. The standard InChI is InChI=1S/C34H31NO5/c1-34(2,3)35-21-29(36)26-16-17-30(39-32(37)27-14-12-22-8-4-6-10-24(22)18-27)31(20-26)40-33(38)28-15-13-23-9-5-7-11-25(23)19-28/h4-20,29,35-36H,21H2,1-3H3. The molecule has 2 N–H and O–H groups in total. The van der Waals surface area contributed by atoms with Gasteiger partial charge in [-0.1, -0.05) is 66.7 Å². The molecule has 0 spiro atoms. The number of rotatable bonds is 7. The summed E-state index contributed by atoms with van der Waals surface area (Å²) < 4.78 is 11.5. The minimum atomic E-state index is -0.873. The van der Waals surface area contributed by atoms with Crippen LogP contribution in [0.25, 0.3) is 21.5 Å². The average Bonchev–Trinajstić information content (AvgIpc) is 2.95. The van der Waals surface area contributed by atoms with Crippen molar-refractivity contribution in [2.75, 3.05) is 6.54 Å². The summed E-state index contributed by atoms with van der Waals surface area (Å²) in [5.74, 6) is -1.07. The molecule has 6 nitrogen and oxygen atoms in total. The monoisotopic (exact) mass is 533 g/mol. The van der Waals surface area contributed by atoms with Gasteiger partial charge in [-0.15, -0.1) is 0 Å². The maximum absolute atomic E-state index is 13.2. The fourth-order valence-corrected chi connectivity index (χ4v) is 4.37. The van der Waals surface area contributed by atoms with Gasteiger partial charge in [0.15, 0.2) is 11.5 Å². The second-order valence-corrected chi connectivity index (χ2v) is 10.8. The molecule has 0 aliphatic heterocycles. The Morgan fingerprint density at radius 1 is 0.675 bits per heavy atom. The number of nitrogens with one attached hydrogen (secondary N) is 1. The Morgan fingerprint density at radius 3 is 1.70 bits per heavy atom. The summed E-state index contributed by atoms with van der Waals surface area (Å²) in [6, 6.07) is 30.8. The number of fused-ring (bicyclic) bond motifs is 2. The number of hydrogen-bond acceptors (Lipinski definition) is 6. The second kappa shape index (κ2) is 11.3. The molecule has 1 atom stereocenters. The minimum Gasteiger partial charge on any atom is -0.419 e. The molecule has 202 valence electrons. The summed E-state index contributed by atoms with van der Waals surface area (Å²) in [6.45, 7) is 6.31. The molecule has 1 unspecified atom stereocenters. The van der Waals surface area contributed by atoms with Gasteiger partial charge in [0.05, 0.1) is 17.2 Å². The van der Waals surface area contributed by atoms with E-state index < -0.39 is 18.0 Å². The maximum Gasteiger partial charge on any atom is 0.343 e. The zero-order chi connectivity index (χ0) is 28.3. The molecule has 0 saturated carbocycles. The fourth-order valence-electron chi connectivity index (χ4n) is 4.37. The average molecular weight is 534 g/mol. The highest BCUT2D eigenvalue weighted by molar-refractivity contribution is 5.98. The van der Waals surface area contributed by atoms with Crippen LogP contribution in [0.15, 0.2) is 103 Å². The first kappa shape index (κ1) is 27.1. The van der Waals surface area contributed by atoms with Gasteiger partial charge in [-0.05, 0) is 84.3 Å². The quantitative estimate of drug-likeness (QED) is 0.176. The molecule has 5 aromatic rings. The lowest BCUT2D eigenvalue weighted by Gasteiger charge is -2.23. The SMILES string of the molecule is CC(C)(C)NCC(O)c1ccc(OC(=O)c2ccc3ccccc3c2)c(OC(=O)c2ccc3ccccc3c2)c1. The molecule has 0 fully saturated rings. The smallest absolute Gasteiger partial charge is 0.343 e. The maximum atomic E-state index is 13.2. The van der Waals surface area contributed by atoms with Crippen molar-refractivity contribution in [3.05, 3.63) is 120 Å². The van der Waals surface area contributed by atoms with Crippen molar-refractivity contribution in [3.63, 3.8) is 0 Å². The van der Waals surface area contributed by atoms with Gasteiger partial charge in [-0.25, -0.2) is 9.59 Å². The number of ether oxygens (including phenoxy) is 2. The number of aliphatic hydroxyl groups excluding tert-OH is 1. The topological polar surface area (TPSA) is 84.9 Å². The first-order chi connectivity index (χ1) is 19.2. The second-order valence-electron chi connectivity index (χ2n) is 10.8. The number of benzene rings is 5. The molecule has 0 heterocycles. The third kappa shape index (κ3) is 6.37. The van der Waals surface area contributed by atoms with Crippen LogP contribution in [-0.4, -0.2) is 29.1 Å². The summed E-state index contributed by atoms with van der Waals surface area (Å²) in [6.07, 6.45) is -0.873. The summed E-state index contributed by atoms with van der Waals surface area (Å²) >= 11 is 0. The van der Waals surface area contributed by atoms with Crippen LogP contribution in [0.3, 0.4) is 0 Å². The Morgan fingerprint density at radius 2 is 1.18 bits per heavy atom. The normalized spacial score (nSPS) is 12.3. The Bertz CT molecular complexity index is 1700. The summed E-state index contributed by atoms with van der Waals surface area (Å²) in [4.78, 5) is 26.3. The Labute approximate surface area is 233 Å².